The van der Waals surface area contributed by atoms with Crippen LogP contribution in [0.25, 0.3) is 0 Å². The van der Waals surface area contributed by atoms with E-state index in [9.17, 15) is 4.79 Å². The first-order valence-electron chi connectivity index (χ1n) is 12.5. The number of carbonyl (C=O) groups excluding carboxylic acids is 1. The van der Waals surface area contributed by atoms with Gasteiger partial charge in [-0.2, -0.15) is 0 Å². The van der Waals surface area contributed by atoms with Gasteiger partial charge in [0.1, 0.15) is 0 Å². The van der Waals surface area contributed by atoms with E-state index in [2.05, 4.69) is 55.4 Å². The molecule has 0 fully saturated rings. The maximum atomic E-state index is 11.9. The van der Waals surface area contributed by atoms with Crippen LogP contribution in [-0.4, -0.2) is 37.5 Å². The van der Waals surface area contributed by atoms with Gasteiger partial charge in [0, 0.05) is 13.0 Å². The lowest BCUT2D eigenvalue weighted by Crippen LogP contribution is -2.28. The molecule has 0 saturated carbocycles. The van der Waals surface area contributed by atoms with Gasteiger partial charge in [0.15, 0.2) is 0 Å². The van der Waals surface area contributed by atoms with Gasteiger partial charge in [0.25, 0.3) is 0 Å². The predicted octanol–water partition coefficient (Wildman–Crippen LogP) is 7.04. The molecule has 0 aromatic rings. The van der Waals surface area contributed by atoms with Crippen LogP contribution in [0.1, 0.15) is 110 Å². The van der Waals surface area contributed by atoms with E-state index in [-0.39, 0.29) is 5.91 Å². The van der Waals surface area contributed by atoms with E-state index >= 15 is 0 Å². The van der Waals surface area contributed by atoms with Crippen LogP contribution < -0.4 is 5.32 Å². The summed E-state index contributed by atoms with van der Waals surface area (Å²) in [7, 11) is 2.17. The summed E-state index contributed by atoms with van der Waals surface area (Å²) in [6, 6.07) is 0. The topological polar surface area (TPSA) is 32.3 Å². The fourth-order valence-electron chi connectivity index (χ4n) is 3.30. The molecule has 0 aliphatic rings. The summed E-state index contributed by atoms with van der Waals surface area (Å²) in [5.74, 6) is 0.229. The zero-order valence-electron chi connectivity index (χ0n) is 19.9. The second-order valence-corrected chi connectivity index (χ2v) is 8.34. The molecule has 0 bridgehead atoms. The van der Waals surface area contributed by atoms with Gasteiger partial charge < -0.3 is 10.2 Å². The van der Waals surface area contributed by atoms with Crippen molar-refractivity contribution in [3.8, 4) is 0 Å². The number of amides is 1. The van der Waals surface area contributed by atoms with Gasteiger partial charge in [-0.3, -0.25) is 4.79 Å². The van der Waals surface area contributed by atoms with Crippen molar-refractivity contribution in [2.45, 2.75) is 110 Å². The van der Waals surface area contributed by atoms with Gasteiger partial charge in [0.2, 0.25) is 5.91 Å². The van der Waals surface area contributed by atoms with Crippen LogP contribution in [0.4, 0.5) is 0 Å². The summed E-state index contributed by atoms with van der Waals surface area (Å²) in [5, 5.41) is 3.06. The van der Waals surface area contributed by atoms with Crippen molar-refractivity contribution in [3.05, 3.63) is 24.3 Å². The molecule has 0 aliphatic carbocycles. The molecule has 3 nitrogen and oxygen atoms in total. The first kappa shape index (κ1) is 27.9. The number of rotatable bonds is 21. The normalized spacial score (nSPS) is 11.9. The standard InChI is InChI=1S/C26H50N2O/c1-4-6-8-9-10-11-12-13-14-15-16-17-18-19-20-22-26(29)27-23-21-25-28(3)24-7-5-2/h10-11,13-14H,4-9,12,15-25H2,1-3H3,(H,27,29)/b11-10-,14-13-. The van der Waals surface area contributed by atoms with E-state index in [1.807, 2.05) is 0 Å². The molecule has 0 aliphatic heterocycles. The zero-order valence-corrected chi connectivity index (χ0v) is 19.9. The molecular formula is C26H50N2O. The Labute approximate surface area is 182 Å². The Balaban J connectivity index is 3.33. The molecule has 0 radical (unpaired) electrons. The number of nitrogens with one attached hydrogen (secondary N) is 1. The van der Waals surface area contributed by atoms with Crippen LogP contribution in [-0.2, 0) is 4.79 Å². The van der Waals surface area contributed by atoms with E-state index in [4.69, 9.17) is 0 Å². The summed E-state index contributed by atoms with van der Waals surface area (Å²) >= 11 is 0. The van der Waals surface area contributed by atoms with Crippen molar-refractivity contribution in [1.82, 2.24) is 10.2 Å². The molecular weight excluding hydrogens is 356 g/mol. The molecule has 1 amide bonds. The Morgan fingerprint density at radius 1 is 0.724 bits per heavy atom. The summed E-state index contributed by atoms with van der Waals surface area (Å²) < 4.78 is 0. The van der Waals surface area contributed by atoms with E-state index in [1.54, 1.807) is 0 Å². The third-order valence-corrected chi connectivity index (χ3v) is 5.29. The average Bonchev–Trinajstić information content (AvgIpc) is 2.72. The SMILES string of the molecule is CCCCC/C=C\C/C=C\CCCCCCCC(=O)NCCCN(C)CCCC. The first-order chi connectivity index (χ1) is 14.2. The summed E-state index contributed by atoms with van der Waals surface area (Å²) in [6.45, 7) is 7.52. The number of carbonyl (C=O) groups is 1. The van der Waals surface area contributed by atoms with Gasteiger partial charge in [-0.1, -0.05) is 76.7 Å². The highest BCUT2D eigenvalue weighted by molar-refractivity contribution is 5.75. The van der Waals surface area contributed by atoms with E-state index in [0.717, 1.165) is 38.9 Å². The second-order valence-electron chi connectivity index (χ2n) is 8.34. The summed E-state index contributed by atoms with van der Waals surface area (Å²) in [5.41, 5.74) is 0. The van der Waals surface area contributed by atoms with Crippen LogP contribution in [0, 0.1) is 0 Å². The Morgan fingerprint density at radius 3 is 2.00 bits per heavy atom. The quantitative estimate of drug-likeness (QED) is 0.164. The maximum Gasteiger partial charge on any atom is 0.219 e. The summed E-state index contributed by atoms with van der Waals surface area (Å²) in [6.07, 6.45) is 27.0. The smallest absolute Gasteiger partial charge is 0.219 e. The molecule has 0 rings (SSSR count). The third kappa shape index (κ3) is 23.1. The highest BCUT2D eigenvalue weighted by atomic mass is 16.1. The Morgan fingerprint density at radius 2 is 1.31 bits per heavy atom. The minimum atomic E-state index is 0.229. The molecule has 0 aromatic carbocycles. The molecule has 0 heterocycles. The van der Waals surface area contributed by atoms with Crippen molar-refractivity contribution >= 4 is 5.91 Å². The van der Waals surface area contributed by atoms with Crippen molar-refractivity contribution in [2.75, 3.05) is 26.7 Å². The number of hydrogen-bond acceptors (Lipinski definition) is 2. The highest BCUT2D eigenvalue weighted by Crippen LogP contribution is 2.08. The molecule has 170 valence electrons. The van der Waals surface area contributed by atoms with Gasteiger partial charge in [-0.15, -0.1) is 0 Å². The Hall–Kier alpha value is -1.09. The zero-order chi connectivity index (χ0) is 21.4. The van der Waals surface area contributed by atoms with Crippen LogP contribution in [0.5, 0.6) is 0 Å². The first-order valence-corrected chi connectivity index (χ1v) is 12.5. The summed E-state index contributed by atoms with van der Waals surface area (Å²) in [4.78, 5) is 14.2. The molecule has 0 atom stereocenters. The van der Waals surface area contributed by atoms with Crippen LogP contribution >= 0.6 is 0 Å². The van der Waals surface area contributed by atoms with Crippen LogP contribution in [0.2, 0.25) is 0 Å². The van der Waals surface area contributed by atoms with Crippen LogP contribution in [0.3, 0.4) is 0 Å². The number of allylic oxidation sites excluding steroid dienone is 4. The van der Waals surface area contributed by atoms with Gasteiger partial charge in [-0.05, 0) is 71.5 Å². The van der Waals surface area contributed by atoms with Crippen molar-refractivity contribution in [3.63, 3.8) is 0 Å². The fourth-order valence-corrected chi connectivity index (χ4v) is 3.30. The number of unbranched alkanes of at least 4 members (excludes halogenated alkanes) is 9. The van der Waals surface area contributed by atoms with Crippen molar-refractivity contribution in [2.24, 2.45) is 0 Å². The van der Waals surface area contributed by atoms with E-state index in [0.29, 0.717) is 6.42 Å². The Kier molecular flexibility index (Phi) is 22.3. The van der Waals surface area contributed by atoms with Crippen molar-refractivity contribution < 1.29 is 4.79 Å². The van der Waals surface area contributed by atoms with Gasteiger partial charge >= 0.3 is 0 Å². The largest absolute Gasteiger partial charge is 0.356 e. The highest BCUT2D eigenvalue weighted by Gasteiger charge is 2.01. The molecule has 0 aromatic heterocycles. The number of hydrogen-bond donors (Lipinski definition) is 1. The van der Waals surface area contributed by atoms with Gasteiger partial charge in [0.05, 0.1) is 0 Å². The number of nitrogens with zero attached hydrogens (tertiary/aromatic N) is 1. The lowest BCUT2D eigenvalue weighted by molar-refractivity contribution is -0.121. The van der Waals surface area contributed by atoms with Gasteiger partial charge in [-0.25, -0.2) is 0 Å². The third-order valence-electron chi connectivity index (χ3n) is 5.29. The molecule has 29 heavy (non-hydrogen) atoms. The van der Waals surface area contributed by atoms with E-state index in [1.165, 1.54) is 70.6 Å². The minimum absolute atomic E-state index is 0.229. The fraction of sp³-hybridized carbons (Fsp3) is 0.808. The molecule has 0 spiro atoms. The van der Waals surface area contributed by atoms with Crippen molar-refractivity contribution in [1.29, 1.82) is 0 Å². The average molecular weight is 407 g/mol. The molecule has 0 saturated heterocycles. The Bertz CT molecular complexity index is 404. The molecule has 0 unspecified atom stereocenters. The van der Waals surface area contributed by atoms with E-state index < -0.39 is 0 Å². The second kappa shape index (κ2) is 23.2. The lowest BCUT2D eigenvalue weighted by atomic mass is 10.1. The molecule has 1 N–H and O–H groups in total. The predicted molar refractivity (Wildman–Crippen MR) is 129 cm³/mol. The molecule has 3 heteroatoms. The monoisotopic (exact) mass is 406 g/mol. The van der Waals surface area contributed by atoms with Crippen LogP contribution in [0.15, 0.2) is 24.3 Å². The lowest BCUT2D eigenvalue weighted by Gasteiger charge is -2.15. The maximum absolute atomic E-state index is 11.9. The minimum Gasteiger partial charge on any atom is -0.356 e.